The summed E-state index contributed by atoms with van der Waals surface area (Å²) in [7, 11) is 0. The zero-order valence-electron chi connectivity index (χ0n) is 16.9. The van der Waals surface area contributed by atoms with Gasteiger partial charge in [0.2, 0.25) is 5.91 Å². The molecule has 0 saturated heterocycles. The maximum Gasteiger partial charge on any atom is 0.251 e. The molecule has 31 heavy (non-hydrogen) atoms. The van der Waals surface area contributed by atoms with E-state index in [1.807, 2.05) is 43.3 Å². The summed E-state index contributed by atoms with van der Waals surface area (Å²) in [5.41, 5.74) is 3.13. The van der Waals surface area contributed by atoms with Gasteiger partial charge in [-0.3, -0.25) is 9.59 Å². The van der Waals surface area contributed by atoms with Crippen LogP contribution in [0, 0.1) is 12.7 Å². The molecular formula is C24H21FN4O2. The van der Waals surface area contributed by atoms with Crippen LogP contribution in [0.15, 0.2) is 72.8 Å². The van der Waals surface area contributed by atoms with Crippen molar-refractivity contribution in [3.05, 3.63) is 95.6 Å². The van der Waals surface area contributed by atoms with Crippen molar-refractivity contribution in [1.29, 1.82) is 0 Å². The van der Waals surface area contributed by atoms with Gasteiger partial charge in [0.25, 0.3) is 5.91 Å². The molecule has 2 amide bonds. The molecule has 0 aliphatic rings. The van der Waals surface area contributed by atoms with Crippen LogP contribution in [0.4, 0.5) is 10.1 Å². The van der Waals surface area contributed by atoms with Gasteiger partial charge in [0.05, 0.1) is 23.3 Å². The second-order valence-electron chi connectivity index (χ2n) is 7.18. The summed E-state index contributed by atoms with van der Waals surface area (Å²) in [5, 5.41) is 5.45. The van der Waals surface area contributed by atoms with Crippen LogP contribution in [0.1, 0.15) is 21.7 Å². The van der Waals surface area contributed by atoms with Crippen LogP contribution in [0.2, 0.25) is 0 Å². The number of aryl methyl sites for hydroxylation is 1. The minimum absolute atomic E-state index is 0.0650. The van der Waals surface area contributed by atoms with Gasteiger partial charge in [0, 0.05) is 5.56 Å². The molecular weight excluding hydrogens is 395 g/mol. The van der Waals surface area contributed by atoms with Crippen molar-refractivity contribution in [3.8, 4) is 0 Å². The summed E-state index contributed by atoms with van der Waals surface area (Å²) < 4.78 is 15.6. The van der Waals surface area contributed by atoms with E-state index in [0.29, 0.717) is 16.9 Å². The predicted molar refractivity (Wildman–Crippen MR) is 117 cm³/mol. The van der Waals surface area contributed by atoms with E-state index >= 15 is 0 Å². The molecule has 1 aromatic heterocycles. The first-order chi connectivity index (χ1) is 15.0. The molecule has 0 fully saturated rings. The first-order valence-electron chi connectivity index (χ1n) is 9.84. The average molecular weight is 416 g/mol. The summed E-state index contributed by atoms with van der Waals surface area (Å²) in [6.07, 6.45) is 0. The fourth-order valence-electron chi connectivity index (χ4n) is 3.38. The number of para-hydroxylation sites is 3. The number of halogens is 1. The maximum absolute atomic E-state index is 13.9. The van der Waals surface area contributed by atoms with E-state index in [-0.39, 0.29) is 30.6 Å². The monoisotopic (exact) mass is 416 g/mol. The quantitative estimate of drug-likeness (QED) is 0.498. The number of imidazole rings is 1. The lowest BCUT2D eigenvalue weighted by atomic mass is 10.1. The van der Waals surface area contributed by atoms with Gasteiger partial charge in [-0.25, -0.2) is 9.37 Å². The van der Waals surface area contributed by atoms with E-state index in [9.17, 15) is 14.0 Å². The SMILES string of the molecule is Cc1cccc(C(=O)NCc2nc3ccccc3n2CC(=O)Nc2ccccc2F)c1. The van der Waals surface area contributed by atoms with E-state index in [4.69, 9.17) is 0 Å². The second kappa shape index (κ2) is 8.79. The van der Waals surface area contributed by atoms with Crippen molar-refractivity contribution in [2.24, 2.45) is 0 Å². The second-order valence-corrected chi connectivity index (χ2v) is 7.18. The first-order valence-corrected chi connectivity index (χ1v) is 9.84. The Morgan fingerprint density at radius 2 is 1.77 bits per heavy atom. The van der Waals surface area contributed by atoms with E-state index in [1.54, 1.807) is 28.8 Å². The van der Waals surface area contributed by atoms with Crippen LogP contribution in [0.25, 0.3) is 11.0 Å². The Labute approximate surface area is 178 Å². The molecule has 0 spiro atoms. The van der Waals surface area contributed by atoms with Crippen molar-refractivity contribution >= 4 is 28.5 Å². The summed E-state index contributed by atoms with van der Waals surface area (Å²) >= 11 is 0. The lowest BCUT2D eigenvalue weighted by Gasteiger charge is -2.11. The minimum atomic E-state index is -0.503. The fourth-order valence-corrected chi connectivity index (χ4v) is 3.38. The Kier molecular flexibility index (Phi) is 5.75. The lowest BCUT2D eigenvalue weighted by molar-refractivity contribution is -0.116. The smallest absolute Gasteiger partial charge is 0.251 e. The van der Waals surface area contributed by atoms with E-state index in [2.05, 4.69) is 15.6 Å². The normalized spacial score (nSPS) is 10.8. The largest absolute Gasteiger partial charge is 0.345 e. The van der Waals surface area contributed by atoms with Crippen LogP contribution in [0.3, 0.4) is 0 Å². The van der Waals surface area contributed by atoms with Crippen molar-refractivity contribution in [1.82, 2.24) is 14.9 Å². The van der Waals surface area contributed by atoms with Gasteiger partial charge < -0.3 is 15.2 Å². The highest BCUT2D eigenvalue weighted by Crippen LogP contribution is 2.18. The summed E-state index contributed by atoms with van der Waals surface area (Å²) in [4.78, 5) is 29.7. The Morgan fingerprint density at radius 3 is 2.58 bits per heavy atom. The molecule has 0 atom stereocenters. The Morgan fingerprint density at radius 1 is 1.00 bits per heavy atom. The predicted octanol–water partition coefficient (Wildman–Crippen LogP) is 4.05. The number of nitrogens with zero attached hydrogens (tertiary/aromatic N) is 2. The molecule has 0 saturated carbocycles. The van der Waals surface area contributed by atoms with Crippen LogP contribution >= 0.6 is 0 Å². The molecule has 0 radical (unpaired) electrons. The average Bonchev–Trinajstić information content (AvgIpc) is 3.11. The van der Waals surface area contributed by atoms with Gasteiger partial charge in [-0.05, 0) is 43.3 Å². The van der Waals surface area contributed by atoms with Crippen molar-refractivity contribution in [2.45, 2.75) is 20.0 Å². The number of carbonyl (C=O) groups is 2. The molecule has 6 nitrogen and oxygen atoms in total. The van der Waals surface area contributed by atoms with Gasteiger partial charge in [0.1, 0.15) is 18.2 Å². The third kappa shape index (κ3) is 4.61. The molecule has 156 valence electrons. The van der Waals surface area contributed by atoms with E-state index in [1.165, 1.54) is 12.1 Å². The molecule has 3 aromatic carbocycles. The highest BCUT2D eigenvalue weighted by Gasteiger charge is 2.16. The number of hydrogen-bond acceptors (Lipinski definition) is 3. The highest BCUT2D eigenvalue weighted by molar-refractivity contribution is 5.94. The van der Waals surface area contributed by atoms with Crippen LogP contribution in [-0.2, 0) is 17.9 Å². The first kappa shape index (κ1) is 20.3. The minimum Gasteiger partial charge on any atom is -0.345 e. The summed E-state index contributed by atoms with van der Waals surface area (Å²) in [6, 6.07) is 20.7. The number of fused-ring (bicyclic) bond motifs is 1. The van der Waals surface area contributed by atoms with Crippen molar-refractivity contribution in [3.63, 3.8) is 0 Å². The van der Waals surface area contributed by atoms with Crippen molar-refractivity contribution in [2.75, 3.05) is 5.32 Å². The number of carbonyl (C=O) groups excluding carboxylic acids is 2. The fraction of sp³-hybridized carbons (Fsp3) is 0.125. The molecule has 2 N–H and O–H groups in total. The van der Waals surface area contributed by atoms with Gasteiger partial charge in [0.15, 0.2) is 0 Å². The summed E-state index contributed by atoms with van der Waals surface area (Å²) in [5.74, 6) is -0.583. The number of amides is 2. The van der Waals surface area contributed by atoms with Crippen LogP contribution in [0.5, 0.6) is 0 Å². The zero-order chi connectivity index (χ0) is 21.8. The van der Waals surface area contributed by atoms with Gasteiger partial charge in [-0.1, -0.05) is 42.0 Å². The molecule has 7 heteroatoms. The highest BCUT2D eigenvalue weighted by atomic mass is 19.1. The maximum atomic E-state index is 13.9. The Hall–Kier alpha value is -4.00. The van der Waals surface area contributed by atoms with E-state index < -0.39 is 5.82 Å². The van der Waals surface area contributed by atoms with Crippen molar-refractivity contribution < 1.29 is 14.0 Å². The molecule has 0 unspecified atom stereocenters. The number of benzene rings is 3. The van der Waals surface area contributed by atoms with Crippen LogP contribution < -0.4 is 10.6 Å². The number of nitrogens with one attached hydrogen (secondary N) is 2. The van der Waals surface area contributed by atoms with Gasteiger partial charge in [-0.15, -0.1) is 0 Å². The third-order valence-electron chi connectivity index (χ3n) is 4.87. The molecule has 1 heterocycles. The van der Waals surface area contributed by atoms with Gasteiger partial charge in [-0.2, -0.15) is 0 Å². The number of hydrogen-bond donors (Lipinski definition) is 2. The topological polar surface area (TPSA) is 76.0 Å². The Balaban J connectivity index is 1.55. The zero-order valence-corrected chi connectivity index (χ0v) is 16.9. The molecule has 0 aliphatic carbocycles. The molecule has 0 bridgehead atoms. The van der Waals surface area contributed by atoms with E-state index in [0.717, 1.165) is 11.1 Å². The number of rotatable bonds is 6. The Bertz CT molecular complexity index is 1270. The number of aromatic nitrogens is 2. The molecule has 4 rings (SSSR count). The molecule has 0 aliphatic heterocycles. The summed E-state index contributed by atoms with van der Waals surface area (Å²) in [6.45, 7) is 2.00. The third-order valence-corrected chi connectivity index (χ3v) is 4.87. The van der Waals surface area contributed by atoms with Gasteiger partial charge >= 0.3 is 0 Å². The number of anilines is 1. The molecule has 4 aromatic rings. The lowest BCUT2D eigenvalue weighted by Crippen LogP contribution is -2.26. The van der Waals surface area contributed by atoms with Crippen LogP contribution in [-0.4, -0.2) is 21.4 Å². The standard InChI is InChI=1S/C24H21FN4O2/c1-16-7-6-8-17(13-16)24(31)26-14-22-27-20-11-4-5-12-21(20)29(22)15-23(30)28-19-10-3-2-9-18(19)25/h2-13H,14-15H2,1H3,(H,26,31)(H,28,30).